The van der Waals surface area contributed by atoms with Crippen LogP contribution in [0.15, 0.2) is 18.2 Å². The maximum absolute atomic E-state index is 5.64. The average molecular weight is 254 g/mol. The Kier molecular flexibility index (Phi) is 6.40. The summed E-state index contributed by atoms with van der Waals surface area (Å²) in [5, 5.41) is 0. The number of aryl methyl sites for hydroxylation is 1. The van der Waals surface area contributed by atoms with Gasteiger partial charge in [0.2, 0.25) is 0 Å². The van der Waals surface area contributed by atoms with Crippen molar-refractivity contribution in [2.75, 3.05) is 18.6 Å². The van der Waals surface area contributed by atoms with Crippen LogP contribution in [-0.2, 0) is 0 Å². The molecule has 96 valence electrons. The molecule has 0 aliphatic heterocycles. The molecule has 17 heavy (non-hydrogen) atoms. The number of benzene rings is 1. The topological polar surface area (TPSA) is 47.3 Å². The van der Waals surface area contributed by atoms with Crippen molar-refractivity contribution in [3.05, 3.63) is 29.3 Å². The normalized spacial score (nSPS) is 12.5. The lowest BCUT2D eigenvalue weighted by Crippen LogP contribution is -2.30. The first-order valence-electron chi connectivity index (χ1n) is 5.91. The van der Waals surface area contributed by atoms with Gasteiger partial charge >= 0.3 is 0 Å². The quantitative estimate of drug-likeness (QED) is 0.446. The zero-order chi connectivity index (χ0) is 12.7. The molecule has 3 nitrogen and oxygen atoms in total. The highest BCUT2D eigenvalue weighted by atomic mass is 32.2. The molecule has 3 N–H and O–H groups in total. The number of hydrogen-bond acceptors (Lipinski definition) is 4. The molecule has 0 fully saturated rings. The highest BCUT2D eigenvalue weighted by Gasteiger charge is 2.14. The van der Waals surface area contributed by atoms with E-state index in [1.165, 1.54) is 12.0 Å². The molecule has 1 aromatic carbocycles. The molecular formula is C13H22N2OS. The van der Waals surface area contributed by atoms with E-state index >= 15 is 0 Å². The number of ether oxygens (including phenoxy) is 1. The average Bonchev–Trinajstić information content (AvgIpc) is 2.35. The van der Waals surface area contributed by atoms with Crippen LogP contribution in [0.1, 0.15) is 30.5 Å². The first-order chi connectivity index (χ1) is 8.22. The zero-order valence-electron chi connectivity index (χ0n) is 10.8. The van der Waals surface area contributed by atoms with E-state index in [-0.39, 0.29) is 6.04 Å². The Balaban J connectivity index is 2.82. The highest BCUT2D eigenvalue weighted by molar-refractivity contribution is 7.99. The lowest BCUT2D eigenvalue weighted by Gasteiger charge is -2.19. The summed E-state index contributed by atoms with van der Waals surface area (Å²) in [4.78, 5) is 0. The van der Waals surface area contributed by atoms with Crippen molar-refractivity contribution in [3.63, 3.8) is 0 Å². The van der Waals surface area contributed by atoms with Gasteiger partial charge in [0.25, 0.3) is 0 Å². The molecular weight excluding hydrogens is 232 g/mol. The van der Waals surface area contributed by atoms with E-state index in [0.29, 0.717) is 0 Å². The van der Waals surface area contributed by atoms with E-state index in [2.05, 4.69) is 31.4 Å². The number of thioether (sulfide) groups is 1. The molecule has 1 rings (SSSR count). The molecule has 0 saturated heterocycles. The second kappa shape index (κ2) is 7.58. The first kappa shape index (κ1) is 14.4. The van der Waals surface area contributed by atoms with Gasteiger partial charge in [0.15, 0.2) is 0 Å². The minimum atomic E-state index is 0.140. The van der Waals surface area contributed by atoms with E-state index < -0.39 is 0 Å². The molecule has 0 heterocycles. The van der Waals surface area contributed by atoms with Crippen molar-refractivity contribution in [3.8, 4) is 5.75 Å². The molecule has 0 spiro atoms. The van der Waals surface area contributed by atoms with E-state index in [0.717, 1.165) is 22.8 Å². The van der Waals surface area contributed by atoms with Gasteiger partial charge in [0.1, 0.15) is 5.75 Å². The first-order valence-corrected chi connectivity index (χ1v) is 7.06. The minimum absolute atomic E-state index is 0.140. The Morgan fingerprint density at radius 2 is 2.24 bits per heavy atom. The number of rotatable bonds is 7. The van der Waals surface area contributed by atoms with Gasteiger partial charge in [-0.2, -0.15) is 11.8 Å². The SMILES string of the molecule is CCCSCC(NN)c1cc(C)ccc1OC. The van der Waals surface area contributed by atoms with Crippen LogP contribution in [0.4, 0.5) is 0 Å². The number of methoxy groups -OCH3 is 1. The van der Waals surface area contributed by atoms with E-state index in [9.17, 15) is 0 Å². The number of hydrazine groups is 1. The summed E-state index contributed by atoms with van der Waals surface area (Å²) in [6, 6.07) is 6.33. The predicted octanol–water partition coefficient (Wildman–Crippen LogP) is 2.65. The van der Waals surface area contributed by atoms with Crippen LogP contribution in [0.5, 0.6) is 5.75 Å². The largest absolute Gasteiger partial charge is 0.496 e. The summed E-state index contributed by atoms with van der Waals surface area (Å²) >= 11 is 1.91. The van der Waals surface area contributed by atoms with E-state index in [4.69, 9.17) is 10.6 Å². The van der Waals surface area contributed by atoms with Gasteiger partial charge in [-0.15, -0.1) is 0 Å². The van der Waals surface area contributed by atoms with Crippen LogP contribution in [0.2, 0.25) is 0 Å². The fourth-order valence-corrected chi connectivity index (χ4v) is 2.67. The Morgan fingerprint density at radius 3 is 2.82 bits per heavy atom. The predicted molar refractivity (Wildman–Crippen MR) is 75.4 cm³/mol. The van der Waals surface area contributed by atoms with Crippen molar-refractivity contribution in [1.29, 1.82) is 0 Å². The number of nitrogens with two attached hydrogens (primary N) is 1. The maximum Gasteiger partial charge on any atom is 0.123 e. The van der Waals surface area contributed by atoms with Gasteiger partial charge in [-0.05, 0) is 25.2 Å². The van der Waals surface area contributed by atoms with Crippen LogP contribution >= 0.6 is 11.8 Å². The molecule has 0 aliphatic rings. The summed E-state index contributed by atoms with van der Waals surface area (Å²) in [5.74, 6) is 8.66. The Bertz CT molecular complexity index is 344. The molecule has 0 aromatic heterocycles. The summed E-state index contributed by atoms with van der Waals surface area (Å²) in [6.07, 6.45) is 1.19. The third-order valence-corrected chi connectivity index (χ3v) is 3.86. The summed E-state index contributed by atoms with van der Waals surface area (Å²) in [7, 11) is 1.70. The van der Waals surface area contributed by atoms with Gasteiger partial charge in [0, 0.05) is 11.3 Å². The van der Waals surface area contributed by atoms with Crippen LogP contribution in [0.25, 0.3) is 0 Å². The number of nitrogens with one attached hydrogen (secondary N) is 1. The van der Waals surface area contributed by atoms with Crippen molar-refractivity contribution >= 4 is 11.8 Å². The number of hydrogen-bond donors (Lipinski definition) is 2. The van der Waals surface area contributed by atoms with E-state index in [1.54, 1.807) is 7.11 Å². The van der Waals surface area contributed by atoms with Crippen LogP contribution in [0, 0.1) is 6.92 Å². The molecule has 1 unspecified atom stereocenters. The van der Waals surface area contributed by atoms with Crippen molar-refractivity contribution in [2.45, 2.75) is 26.3 Å². The molecule has 4 heteroatoms. The van der Waals surface area contributed by atoms with Crippen LogP contribution < -0.4 is 16.0 Å². The standard InChI is InChI=1S/C13H22N2OS/c1-4-7-17-9-12(15-14)11-8-10(2)5-6-13(11)16-3/h5-6,8,12,15H,4,7,9,14H2,1-3H3. The highest BCUT2D eigenvalue weighted by Crippen LogP contribution is 2.28. The smallest absolute Gasteiger partial charge is 0.123 e. The fourth-order valence-electron chi connectivity index (χ4n) is 1.70. The molecule has 0 radical (unpaired) electrons. The fraction of sp³-hybridized carbons (Fsp3) is 0.538. The summed E-state index contributed by atoms with van der Waals surface area (Å²) in [6.45, 7) is 4.26. The summed E-state index contributed by atoms with van der Waals surface area (Å²) in [5.41, 5.74) is 5.24. The lowest BCUT2D eigenvalue weighted by atomic mass is 10.0. The monoisotopic (exact) mass is 254 g/mol. The maximum atomic E-state index is 5.64. The Hall–Kier alpha value is -0.710. The van der Waals surface area contributed by atoms with Crippen LogP contribution in [0.3, 0.4) is 0 Å². The van der Waals surface area contributed by atoms with Crippen molar-refractivity contribution in [2.24, 2.45) is 5.84 Å². The van der Waals surface area contributed by atoms with Crippen molar-refractivity contribution < 1.29 is 4.74 Å². The van der Waals surface area contributed by atoms with Gasteiger partial charge in [-0.3, -0.25) is 11.3 Å². The Morgan fingerprint density at radius 1 is 1.47 bits per heavy atom. The molecule has 1 aromatic rings. The minimum Gasteiger partial charge on any atom is -0.496 e. The molecule has 1 atom stereocenters. The van der Waals surface area contributed by atoms with Crippen molar-refractivity contribution in [1.82, 2.24) is 5.43 Å². The molecule has 0 saturated carbocycles. The van der Waals surface area contributed by atoms with Gasteiger partial charge in [-0.1, -0.05) is 24.6 Å². The van der Waals surface area contributed by atoms with Gasteiger partial charge in [0.05, 0.1) is 13.2 Å². The summed E-state index contributed by atoms with van der Waals surface area (Å²) < 4.78 is 5.38. The second-order valence-electron chi connectivity index (χ2n) is 4.04. The third kappa shape index (κ3) is 4.22. The Labute approximate surface area is 108 Å². The van der Waals surface area contributed by atoms with Gasteiger partial charge < -0.3 is 4.74 Å². The molecule has 0 amide bonds. The van der Waals surface area contributed by atoms with Crippen LogP contribution in [-0.4, -0.2) is 18.6 Å². The molecule has 0 bridgehead atoms. The molecule has 0 aliphatic carbocycles. The lowest BCUT2D eigenvalue weighted by molar-refractivity contribution is 0.402. The third-order valence-electron chi connectivity index (χ3n) is 2.59. The second-order valence-corrected chi connectivity index (χ2v) is 5.19. The van der Waals surface area contributed by atoms with Gasteiger partial charge in [-0.25, -0.2) is 0 Å². The van der Waals surface area contributed by atoms with E-state index in [1.807, 2.05) is 17.8 Å². The zero-order valence-corrected chi connectivity index (χ0v) is 11.6.